The van der Waals surface area contributed by atoms with Crippen molar-refractivity contribution in [1.29, 1.82) is 0 Å². The van der Waals surface area contributed by atoms with E-state index in [2.05, 4.69) is 5.32 Å². The number of amides is 2. The summed E-state index contributed by atoms with van der Waals surface area (Å²) in [6.45, 7) is 1.85. The molecule has 23 heavy (non-hydrogen) atoms. The number of ether oxygens (including phenoxy) is 1. The van der Waals surface area contributed by atoms with Crippen LogP contribution in [0.3, 0.4) is 0 Å². The predicted molar refractivity (Wildman–Crippen MR) is 85.6 cm³/mol. The Morgan fingerprint density at radius 3 is 2.52 bits per heavy atom. The van der Waals surface area contributed by atoms with Crippen molar-refractivity contribution in [3.05, 3.63) is 48.0 Å². The average molecular weight is 314 g/mol. The van der Waals surface area contributed by atoms with Crippen LogP contribution in [0.15, 0.2) is 42.5 Å². The van der Waals surface area contributed by atoms with Crippen LogP contribution in [-0.2, 0) is 14.3 Å². The number of carbonyl (C=O) groups is 3. The maximum Gasteiger partial charge on any atom is 0.308 e. The second kappa shape index (κ2) is 7.40. The molecule has 0 saturated heterocycles. The first-order chi connectivity index (χ1) is 11.0. The number of nitrogens with two attached hydrogens (primary N) is 1. The van der Waals surface area contributed by atoms with Crippen molar-refractivity contribution in [2.24, 2.45) is 5.73 Å². The lowest BCUT2D eigenvalue weighted by Crippen LogP contribution is -2.46. The Morgan fingerprint density at radius 1 is 1.13 bits per heavy atom. The predicted octanol–water partition coefficient (Wildman–Crippen LogP) is 1.38. The zero-order valence-electron chi connectivity index (χ0n) is 12.7. The number of benzene rings is 2. The van der Waals surface area contributed by atoms with Crippen LogP contribution in [0.1, 0.15) is 23.7 Å². The van der Waals surface area contributed by atoms with Crippen molar-refractivity contribution in [3.63, 3.8) is 0 Å². The summed E-state index contributed by atoms with van der Waals surface area (Å²) >= 11 is 0. The molecule has 0 radical (unpaired) electrons. The van der Waals surface area contributed by atoms with Gasteiger partial charge in [-0.25, -0.2) is 0 Å². The molecule has 0 spiro atoms. The highest BCUT2D eigenvalue weighted by Crippen LogP contribution is 2.18. The minimum atomic E-state index is -1.11. The smallest absolute Gasteiger partial charge is 0.308 e. The van der Waals surface area contributed by atoms with Gasteiger partial charge in [-0.05, 0) is 23.8 Å². The molecule has 0 saturated carbocycles. The van der Waals surface area contributed by atoms with Gasteiger partial charge in [-0.2, -0.15) is 0 Å². The molecule has 3 N–H and O–H groups in total. The van der Waals surface area contributed by atoms with Crippen LogP contribution in [0, 0.1) is 0 Å². The second-order valence-corrected chi connectivity index (χ2v) is 4.96. The lowest BCUT2D eigenvalue weighted by atomic mass is 10.0. The van der Waals surface area contributed by atoms with Crippen LogP contribution in [0.4, 0.5) is 0 Å². The maximum atomic E-state index is 12.4. The summed E-state index contributed by atoms with van der Waals surface area (Å²) in [5.41, 5.74) is 5.67. The van der Waals surface area contributed by atoms with Crippen LogP contribution in [-0.4, -0.2) is 30.4 Å². The lowest BCUT2D eigenvalue weighted by molar-refractivity contribution is -0.145. The molecule has 0 aliphatic heterocycles. The molecule has 2 aromatic carbocycles. The Morgan fingerprint density at radius 2 is 1.83 bits per heavy atom. The maximum absolute atomic E-state index is 12.4. The number of carbonyl (C=O) groups excluding carboxylic acids is 3. The molecular weight excluding hydrogens is 296 g/mol. The Labute approximate surface area is 133 Å². The zero-order chi connectivity index (χ0) is 16.8. The van der Waals surface area contributed by atoms with Crippen LogP contribution in [0.5, 0.6) is 0 Å². The molecular formula is C17H18N2O4. The molecule has 2 aromatic rings. The molecule has 0 aliphatic carbocycles. The van der Waals surface area contributed by atoms with Crippen molar-refractivity contribution in [2.45, 2.75) is 19.4 Å². The second-order valence-electron chi connectivity index (χ2n) is 4.96. The van der Waals surface area contributed by atoms with Gasteiger partial charge in [0.1, 0.15) is 6.04 Å². The Hall–Kier alpha value is -2.89. The van der Waals surface area contributed by atoms with Crippen molar-refractivity contribution in [3.8, 4) is 0 Å². The highest BCUT2D eigenvalue weighted by Gasteiger charge is 2.23. The van der Waals surface area contributed by atoms with Gasteiger partial charge in [0, 0.05) is 5.56 Å². The summed E-state index contributed by atoms with van der Waals surface area (Å²) in [5, 5.41) is 4.16. The van der Waals surface area contributed by atoms with Gasteiger partial charge in [-0.3, -0.25) is 14.4 Å². The molecule has 1 atom stereocenters. The number of hydrogen-bond donors (Lipinski definition) is 2. The van der Waals surface area contributed by atoms with E-state index in [1.54, 1.807) is 19.1 Å². The SMILES string of the molecule is CCOC(=O)C[C@@H](NC(=O)c1cccc2ccccc12)C(N)=O. The Bertz CT molecular complexity index is 737. The molecule has 2 amide bonds. The normalized spacial score (nSPS) is 11.7. The molecule has 0 aromatic heterocycles. The van der Waals surface area contributed by atoms with E-state index in [0.717, 1.165) is 10.8 Å². The fraction of sp³-hybridized carbons (Fsp3) is 0.235. The van der Waals surface area contributed by atoms with Crippen molar-refractivity contribution in [2.75, 3.05) is 6.61 Å². The average Bonchev–Trinajstić information content (AvgIpc) is 2.53. The Balaban J connectivity index is 2.21. The number of esters is 1. The summed E-state index contributed by atoms with van der Waals surface area (Å²) in [7, 11) is 0. The van der Waals surface area contributed by atoms with Gasteiger partial charge in [0.25, 0.3) is 5.91 Å². The fourth-order valence-electron chi connectivity index (χ4n) is 2.27. The summed E-state index contributed by atoms with van der Waals surface area (Å²) in [4.78, 5) is 35.4. The fourth-order valence-corrected chi connectivity index (χ4v) is 2.27. The number of nitrogens with one attached hydrogen (secondary N) is 1. The van der Waals surface area contributed by atoms with E-state index in [-0.39, 0.29) is 13.0 Å². The molecule has 0 unspecified atom stereocenters. The third-order valence-electron chi connectivity index (χ3n) is 3.36. The van der Waals surface area contributed by atoms with E-state index in [9.17, 15) is 14.4 Å². The summed E-state index contributed by atoms with van der Waals surface area (Å²) in [5.74, 6) is -1.84. The number of fused-ring (bicyclic) bond motifs is 1. The molecule has 120 valence electrons. The van der Waals surface area contributed by atoms with Crippen LogP contribution < -0.4 is 11.1 Å². The van der Waals surface area contributed by atoms with Crippen LogP contribution in [0.25, 0.3) is 10.8 Å². The monoisotopic (exact) mass is 314 g/mol. The van der Waals surface area contributed by atoms with E-state index in [4.69, 9.17) is 10.5 Å². The summed E-state index contributed by atoms with van der Waals surface area (Å²) in [6, 6.07) is 11.6. The first kappa shape index (κ1) is 16.5. The highest BCUT2D eigenvalue weighted by atomic mass is 16.5. The van der Waals surface area contributed by atoms with Gasteiger partial charge in [0.15, 0.2) is 0 Å². The molecule has 0 aliphatic rings. The van der Waals surface area contributed by atoms with Crippen LogP contribution >= 0.6 is 0 Å². The summed E-state index contributed by atoms with van der Waals surface area (Å²) in [6.07, 6.45) is -0.292. The van der Waals surface area contributed by atoms with E-state index in [1.165, 1.54) is 0 Å². The van der Waals surface area contributed by atoms with Gasteiger partial charge in [-0.1, -0.05) is 36.4 Å². The van der Waals surface area contributed by atoms with Crippen molar-refractivity contribution >= 4 is 28.6 Å². The number of hydrogen-bond acceptors (Lipinski definition) is 4. The van der Waals surface area contributed by atoms with E-state index in [0.29, 0.717) is 5.56 Å². The van der Waals surface area contributed by atoms with Gasteiger partial charge in [0.2, 0.25) is 5.91 Å². The van der Waals surface area contributed by atoms with Gasteiger partial charge in [-0.15, -0.1) is 0 Å². The third-order valence-corrected chi connectivity index (χ3v) is 3.36. The largest absolute Gasteiger partial charge is 0.466 e. The summed E-state index contributed by atoms with van der Waals surface area (Å²) < 4.78 is 4.78. The molecule has 0 fully saturated rings. The first-order valence-electron chi connectivity index (χ1n) is 7.26. The van der Waals surface area contributed by atoms with Gasteiger partial charge in [0.05, 0.1) is 13.0 Å². The van der Waals surface area contributed by atoms with Crippen LogP contribution in [0.2, 0.25) is 0 Å². The lowest BCUT2D eigenvalue weighted by Gasteiger charge is -2.15. The molecule has 6 heteroatoms. The molecule has 0 heterocycles. The molecule has 6 nitrogen and oxygen atoms in total. The quantitative estimate of drug-likeness (QED) is 0.787. The minimum absolute atomic E-state index is 0.196. The first-order valence-corrected chi connectivity index (χ1v) is 7.26. The molecule has 0 bridgehead atoms. The van der Waals surface area contributed by atoms with Gasteiger partial charge < -0.3 is 15.8 Å². The number of rotatable bonds is 6. The Kier molecular flexibility index (Phi) is 5.30. The number of primary amides is 1. The standard InChI is InChI=1S/C17H18N2O4/c1-2-23-15(20)10-14(16(18)21)19-17(22)13-9-5-7-11-6-3-4-8-12(11)13/h3-9,14H,2,10H2,1H3,(H2,18,21)(H,19,22)/t14-/m1/s1. The van der Waals surface area contributed by atoms with Crippen molar-refractivity contribution < 1.29 is 19.1 Å². The zero-order valence-corrected chi connectivity index (χ0v) is 12.7. The van der Waals surface area contributed by atoms with E-state index >= 15 is 0 Å². The molecule has 2 rings (SSSR count). The van der Waals surface area contributed by atoms with E-state index in [1.807, 2.05) is 30.3 Å². The van der Waals surface area contributed by atoms with Crippen molar-refractivity contribution in [1.82, 2.24) is 5.32 Å². The topological polar surface area (TPSA) is 98.5 Å². The third kappa shape index (κ3) is 4.06. The minimum Gasteiger partial charge on any atom is -0.466 e. The van der Waals surface area contributed by atoms with Gasteiger partial charge >= 0.3 is 5.97 Å². The van der Waals surface area contributed by atoms with E-state index < -0.39 is 23.8 Å². The highest BCUT2D eigenvalue weighted by molar-refractivity contribution is 6.08.